The minimum Gasteiger partial charge on any atom is -0.456 e. The van der Waals surface area contributed by atoms with Crippen molar-refractivity contribution >= 4 is 82.5 Å². The van der Waals surface area contributed by atoms with Crippen LogP contribution in [0, 0.1) is 0 Å². The average Bonchev–Trinajstić information content (AvgIpc) is 4.02. The Labute approximate surface area is 381 Å². The maximum Gasteiger partial charge on any atom is 0.137 e. The Balaban J connectivity index is 0.959. The molecule has 66 heavy (non-hydrogen) atoms. The van der Waals surface area contributed by atoms with Gasteiger partial charge in [-0.3, -0.25) is 0 Å². The van der Waals surface area contributed by atoms with Crippen LogP contribution in [0.1, 0.15) is 25.0 Å². The number of fused-ring (bicyclic) bond motifs is 9. The van der Waals surface area contributed by atoms with Gasteiger partial charge in [0.25, 0.3) is 0 Å². The summed E-state index contributed by atoms with van der Waals surface area (Å²) in [5, 5.41) is 9.39. The lowest BCUT2D eigenvalue weighted by Crippen LogP contribution is -2.16. The summed E-state index contributed by atoms with van der Waals surface area (Å²) in [6.45, 7) is 4.74. The lowest BCUT2D eigenvalue weighted by molar-refractivity contribution is 0.660. The standard InChI is InChI=1S/C63H41NO2/c1-63(2)51-23-10-19-44(40-16-7-4-8-17-40)59(51)48-35-33-43(37-52(48)63)64(42-31-28-39(29-32-42)38-14-5-3-6-15-38)53-24-13-27-54-60(53)49-34-30-41(36-57(49)66-54)45-18-9-20-46-47-21-11-25-55-61(47)62-50(58(45)46)22-12-26-56(62)65-55/h3-37H,1-2H3. The number of nitrogens with zero attached hydrogens (tertiary/aromatic N) is 1. The number of hydrogen-bond donors (Lipinski definition) is 0. The van der Waals surface area contributed by atoms with Crippen molar-refractivity contribution in [2.24, 2.45) is 0 Å². The number of hydrogen-bond acceptors (Lipinski definition) is 3. The van der Waals surface area contributed by atoms with Crippen molar-refractivity contribution in [3.8, 4) is 44.5 Å². The zero-order valence-electron chi connectivity index (χ0n) is 36.5. The summed E-state index contributed by atoms with van der Waals surface area (Å²) < 4.78 is 13.3. The first kappa shape index (κ1) is 37.0. The summed E-state index contributed by atoms with van der Waals surface area (Å²) in [6, 6.07) is 77.0. The molecule has 2 aromatic heterocycles. The summed E-state index contributed by atoms with van der Waals surface area (Å²) in [7, 11) is 0. The van der Waals surface area contributed by atoms with Crippen LogP contribution in [-0.4, -0.2) is 0 Å². The lowest BCUT2D eigenvalue weighted by Gasteiger charge is -2.28. The number of rotatable bonds is 6. The molecule has 0 amide bonds. The van der Waals surface area contributed by atoms with E-state index in [1.165, 1.54) is 82.4 Å². The molecule has 0 N–H and O–H groups in total. The predicted octanol–water partition coefficient (Wildman–Crippen LogP) is 18.0. The first-order valence-corrected chi connectivity index (χ1v) is 22.8. The van der Waals surface area contributed by atoms with E-state index < -0.39 is 0 Å². The highest BCUT2D eigenvalue weighted by Gasteiger charge is 2.38. The van der Waals surface area contributed by atoms with Gasteiger partial charge in [-0.1, -0.05) is 166 Å². The summed E-state index contributed by atoms with van der Waals surface area (Å²) in [4.78, 5) is 2.43. The highest BCUT2D eigenvalue weighted by Crippen LogP contribution is 2.54. The Morgan fingerprint density at radius 3 is 1.68 bits per heavy atom. The van der Waals surface area contributed by atoms with Crippen LogP contribution in [0.2, 0.25) is 0 Å². The lowest BCUT2D eigenvalue weighted by atomic mass is 9.81. The van der Waals surface area contributed by atoms with Gasteiger partial charge in [-0.2, -0.15) is 0 Å². The van der Waals surface area contributed by atoms with Crippen LogP contribution < -0.4 is 4.90 Å². The van der Waals surface area contributed by atoms with Crippen LogP contribution >= 0.6 is 0 Å². The SMILES string of the molecule is CC1(C)c2cc(N(c3ccc(-c4ccccc4)cc3)c3cccc4oc5cc(-c6cccc7c8cccc9oc%10cccc(c67)c%10c98)ccc5c34)ccc2-c2c(-c3ccccc3)cccc21. The van der Waals surface area contributed by atoms with Gasteiger partial charge in [0.05, 0.1) is 11.1 Å². The second-order valence-corrected chi connectivity index (χ2v) is 18.3. The summed E-state index contributed by atoms with van der Waals surface area (Å²) in [5.41, 5.74) is 19.0. The van der Waals surface area contributed by atoms with Crippen molar-refractivity contribution < 1.29 is 8.83 Å². The van der Waals surface area contributed by atoms with Crippen molar-refractivity contribution in [1.82, 2.24) is 0 Å². The highest BCUT2D eigenvalue weighted by molar-refractivity contribution is 6.35. The third-order valence-electron chi connectivity index (χ3n) is 14.4. The molecule has 3 heteroatoms. The van der Waals surface area contributed by atoms with Crippen molar-refractivity contribution in [2.75, 3.05) is 4.90 Å². The van der Waals surface area contributed by atoms with E-state index in [2.05, 4.69) is 231 Å². The van der Waals surface area contributed by atoms with E-state index in [1.54, 1.807) is 0 Å². The molecule has 2 heterocycles. The van der Waals surface area contributed by atoms with Gasteiger partial charge in [0.15, 0.2) is 0 Å². The number of benzene rings is 11. The molecule has 0 fully saturated rings. The van der Waals surface area contributed by atoms with E-state index in [-0.39, 0.29) is 5.41 Å². The second kappa shape index (κ2) is 13.8. The minimum absolute atomic E-state index is 0.215. The van der Waals surface area contributed by atoms with E-state index in [0.29, 0.717) is 0 Å². The van der Waals surface area contributed by atoms with Crippen molar-refractivity contribution in [3.05, 3.63) is 223 Å². The van der Waals surface area contributed by atoms with Gasteiger partial charge < -0.3 is 13.7 Å². The Morgan fingerprint density at radius 1 is 0.333 bits per heavy atom. The molecule has 0 saturated heterocycles. The van der Waals surface area contributed by atoms with Crippen LogP contribution in [0.3, 0.4) is 0 Å². The van der Waals surface area contributed by atoms with Crippen molar-refractivity contribution in [1.29, 1.82) is 0 Å². The smallest absolute Gasteiger partial charge is 0.137 e. The first-order chi connectivity index (χ1) is 32.5. The summed E-state index contributed by atoms with van der Waals surface area (Å²) >= 11 is 0. The van der Waals surface area contributed by atoms with Crippen molar-refractivity contribution in [3.63, 3.8) is 0 Å². The van der Waals surface area contributed by atoms with E-state index in [1.807, 2.05) is 0 Å². The van der Waals surface area contributed by atoms with Gasteiger partial charge in [-0.15, -0.1) is 0 Å². The highest BCUT2D eigenvalue weighted by atomic mass is 16.3. The molecule has 3 nitrogen and oxygen atoms in total. The first-order valence-electron chi connectivity index (χ1n) is 22.8. The van der Waals surface area contributed by atoms with Crippen LogP contribution in [-0.2, 0) is 5.41 Å². The molecule has 0 saturated carbocycles. The maximum atomic E-state index is 6.91. The molecule has 0 aliphatic heterocycles. The fourth-order valence-corrected chi connectivity index (χ4v) is 11.4. The van der Waals surface area contributed by atoms with E-state index in [4.69, 9.17) is 8.83 Å². The van der Waals surface area contributed by atoms with Gasteiger partial charge >= 0.3 is 0 Å². The predicted molar refractivity (Wildman–Crippen MR) is 276 cm³/mol. The zero-order chi connectivity index (χ0) is 43.7. The Kier molecular flexibility index (Phi) is 7.74. The molecule has 1 aliphatic rings. The second-order valence-electron chi connectivity index (χ2n) is 18.3. The largest absolute Gasteiger partial charge is 0.456 e. The Morgan fingerprint density at radius 2 is 0.909 bits per heavy atom. The molecule has 14 rings (SSSR count). The molecule has 0 bridgehead atoms. The molecule has 0 unspecified atom stereocenters. The molecule has 0 spiro atoms. The average molecular weight is 844 g/mol. The van der Waals surface area contributed by atoms with Crippen LogP contribution in [0.5, 0.6) is 0 Å². The zero-order valence-corrected chi connectivity index (χ0v) is 36.5. The third-order valence-corrected chi connectivity index (χ3v) is 14.4. The normalized spacial score (nSPS) is 13.1. The topological polar surface area (TPSA) is 29.5 Å². The van der Waals surface area contributed by atoms with E-state index in [0.717, 1.165) is 55.7 Å². The fraction of sp³-hybridized carbons (Fsp3) is 0.0476. The molecular formula is C63H41NO2. The third kappa shape index (κ3) is 5.26. The quantitative estimate of drug-likeness (QED) is 0.156. The molecular weight excluding hydrogens is 803 g/mol. The number of anilines is 3. The molecule has 310 valence electrons. The van der Waals surface area contributed by atoms with E-state index >= 15 is 0 Å². The van der Waals surface area contributed by atoms with Crippen LogP contribution in [0.4, 0.5) is 17.1 Å². The monoisotopic (exact) mass is 843 g/mol. The van der Waals surface area contributed by atoms with Gasteiger partial charge in [-0.25, -0.2) is 0 Å². The van der Waals surface area contributed by atoms with Gasteiger partial charge in [-0.05, 0) is 138 Å². The summed E-state index contributed by atoms with van der Waals surface area (Å²) in [6.07, 6.45) is 0. The van der Waals surface area contributed by atoms with Gasteiger partial charge in [0.2, 0.25) is 0 Å². The minimum atomic E-state index is -0.215. The molecule has 1 aliphatic carbocycles. The molecule has 11 aromatic carbocycles. The van der Waals surface area contributed by atoms with Gasteiger partial charge in [0.1, 0.15) is 22.3 Å². The molecule has 13 aromatic rings. The molecule has 0 radical (unpaired) electrons. The maximum absolute atomic E-state index is 6.91. The number of furan rings is 2. The van der Waals surface area contributed by atoms with Crippen LogP contribution in [0.15, 0.2) is 221 Å². The Hall–Kier alpha value is -8.40. The van der Waals surface area contributed by atoms with Crippen molar-refractivity contribution in [2.45, 2.75) is 19.3 Å². The van der Waals surface area contributed by atoms with E-state index in [9.17, 15) is 0 Å². The fourth-order valence-electron chi connectivity index (χ4n) is 11.4. The van der Waals surface area contributed by atoms with Gasteiger partial charge in [0, 0.05) is 32.9 Å². The molecule has 0 atom stereocenters. The summed E-state index contributed by atoms with van der Waals surface area (Å²) in [5.74, 6) is 0. The Bertz CT molecular complexity index is 4060. The van der Waals surface area contributed by atoms with Crippen LogP contribution in [0.25, 0.3) is 110 Å².